The first-order valence-corrected chi connectivity index (χ1v) is 12.2. The third-order valence-corrected chi connectivity index (χ3v) is 8.53. The molecule has 3 aromatic heterocycles. The maximum absolute atomic E-state index is 9.84. The molecule has 3 heterocycles. The van der Waals surface area contributed by atoms with Gasteiger partial charge in [0.1, 0.15) is 23.4 Å². The first-order valence-electron chi connectivity index (χ1n) is 10.4. The lowest BCUT2D eigenvalue weighted by Gasteiger charge is -2.27. The monoisotopic (exact) mass is 402 g/mol. The van der Waals surface area contributed by atoms with E-state index in [0.717, 1.165) is 48.9 Å². The van der Waals surface area contributed by atoms with Crippen molar-refractivity contribution in [3.63, 3.8) is 0 Å². The number of ether oxygens (including phenoxy) is 1. The van der Waals surface area contributed by atoms with Gasteiger partial charge in [-0.05, 0) is 62.6 Å². The lowest BCUT2D eigenvalue weighted by atomic mass is 9.93. The average Bonchev–Trinajstić information content (AvgIpc) is 3.29. The lowest BCUT2D eigenvalue weighted by molar-refractivity contribution is 0.0923. The van der Waals surface area contributed by atoms with Crippen LogP contribution >= 0.6 is 0 Å². The third-order valence-electron chi connectivity index (χ3n) is 6.11. The fourth-order valence-corrected chi connectivity index (χ4v) is 4.97. The van der Waals surface area contributed by atoms with Gasteiger partial charge < -0.3 is 19.0 Å². The Morgan fingerprint density at radius 1 is 1.21 bits per heavy atom. The summed E-state index contributed by atoms with van der Waals surface area (Å²) in [5.41, 5.74) is 2.25. The molecule has 4 rings (SSSR count). The molecule has 1 aliphatic carbocycles. The predicted molar refractivity (Wildman–Crippen MR) is 118 cm³/mol. The highest BCUT2D eigenvalue weighted by atomic mass is 32.2. The van der Waals surface area contributed by atoms with Crippen molar-refractivity contribution in [2.75, 3.05) is 18.6 Å². The number of aliphatic hydroxyl groups excluding tert-OH is 1. The van der Waals surface area contributed by atoms with Gasteiger partial charge in [-0.2, -0.15) is 0 Å². The first kappa shape index (κ1) is 19.8. The Balaban J connectivity index is 1.53. The molecule has 5 nitrogen and oxygen atoms in total. The summed E-state index contributed by atoms with van der Waals surface area (Å²) < 4.78 is 10.5. The highest BCUT2D eigenvalue weighted by Gasteiger charge is 2.23. The van der Waals surface area contributed by atoms with Gasteiger partial charge in [0.25, 0.3) is 0 Å². The summed E-state index contributed by atoms with van der Waals surface area (Å²) >= 11 is 0. The van der Waals surface area contributed by atoms with Gasteiger partial charge in [0, 0.05) is 35.4 Å². The summed E-state index contributed by atoms with van der Waals surface area (Å²) in [6, 6.07) is 4.79. The van der Waals surface area contributed by atoms with Crippen LogP contribution in [0.4, 0.5) is 0 Å². The molecule has 0 aromatic carbocycles. The molecule has 0 amide bonds. The SMILES string of the molecule is CC(C)[S+](C)CCOCn1ccc2c1ncc1ccn(C3CCC(O)CC3)c12. The van der Waals surface area contributed by atoms with E-state index < -0.39 is 0 Å². The summed E-state index contributed by atoms with van der Waals surface area (Å²) in [6.45, 7) is 5.90. The number of rotatable bonds is 7. The Hall–Kier alpha value is -1.50. The molecule has 1 saturated carbocycles. The molecule has 1 N–H and O–H groups in total. The Kier molecular flexibility index (Phi) is 5.99. The van der Waals surface area contributed by atoms with Crippen molar-refractivity contribution in [3.8, 4) is 0 Å². The van der Waals surface area contributed by atoms with Crippen molar-refractivity contribution in [2.45, 2.75) is 63.7 Å². The molecule has 1 fully saturated rings. The van der Waals surface area contributed by atoms with Gasteiger partial charge in [0.15, 0.2) is 0 Å². The number of aromatic nitrogens is 3. The van der Waals surface area contributed by atoms with E-state index in [1.807, 2.05) is 6.20 Å². The van der Waals surface area contributed by atoms with Crippen molar-refractivity contribution in [3.05, 3.63) is 30.7 Å². The quantitative estimate of drug-likeness (QED) is 0.478. The normalized spacial score (nSPS) is 21.8. The average molecular weight is 403 g/mol. The number of aliphatic hydroxyl groups is 1. The molecule has 0 radical (unpaired) electrons. The molecule has 6 heteroatoms. The van der Waals surface area contributed by atoms with Gasteiger partial charge in [0.05, 0.1) is 24.5 Å². The molecule has 0 saturated heterocycles. The zero-order chi connectivity index (χ0) is 19.7. The Bertz CT molecular complexity index is 925. The summed E-state index contributed by atoms with van der Waals surface area (Å²) in [4.78, 5) is 4.71. The van der Waals surface area contributed by atoms with E-state index in [0.29, 0.717) is 23.7 Å². The van der Waals surface area contributed by atoms with Crippen molar-refractivity contribution in [1.82, 2.24) is 14.1 Å². The molecular weight excluding hydrogens is 370 g/mol. The van der Waals surface area contributed by atoms with Crippen LogP contribution in [0.1, 0.15) is 45.6 Å². The topological polar surface area (TPSA) is 52.2 Å². The first-order chi connectivity index (χ1) is 13.5. The van der Waals surface area contributed by atoms with E-state index in [9.17, 15) is 5.11 Å². The van der Waals surface area contributed by atoms with E-state index in [1.165, 1.54) is 16.3 Å². The van der Waals surface area contributed by atoms with Gasteiger partial charge >= 0.3 is 0 Å². The highest BCUT2D eigenvalue weighted by Crippen LogP contribution is 2.34. The van der Waals surface area contributed by atoms with Crippen LogP contribution in [0.15, 0.2) is 30.7 Å². The van der Waals surface area contributed by atoms with Gasteiger partial charge in [-0.3, -0.25) is 0 Å². The van der Waals surface area contributed by atoms with Crippen molar-refractivity contribution < 1.29 is 9.84 Å². The molecule has 0 aliphatic heterocycles. The van der Waals surface area contributed by atoms with Crippen LogP contribution in [0.2, 0.25) is 0 Å². The van der Waals surface area contributed by atoms with Gasteiger partial charge in [0.2, 0.25) is 0 Å². The molecule has 1 aliphatic rings. The van der Waals surface area contributed by atoms with Crippen molar-refractivity contribution in [1.29, 1.82) is 0 Å². The second-order valence-electron chi connectivity index (χ2n) is 8.25. The van der Waals surface area contributed by atoms with Crippen LogP contribution < -0.4 is 0 Å². The van der Waals surface area contributed by atoms with Crippen LogP contribution in [0, 0.1) is 0 Å². The maximum atomic E-state index is 9.84. The lowest BCUT2D eigenvalue weighted by Crippen LogP contribution is -2.20. The Labute approximate surface area is 170 Å². The largest absolute Gasteiger partial charge is 0.393 e. The van der Waals surface area contributed by atoms with E-state index in [1.54, 1.807) is 0 Å². The Morgan fingerprint density at radius 3 is 2.75 bits per heavy atom. The van der Waals surface area contributed by atoms with E-state index in [-0.39, 0.29) is 6.10 Å². The van der Waals surface area contributed by atoms with Crippen molar-refractivity contribution in [2.24, 2.45) is 0 Å². The molecule has 0 spiro atoms. The number of hydrogen-bond donors (Lipinski definition) is 1. The molecule has 1 atom stereocenters. The predicted octanol–water partition coefficient (Wildman–Crippen LogP) is 4.10. The van der Waals surface area contributed by atoms with Gasteiger partial charge in [-0.1, -0.05) is 0 Å². The van der Waals surface area contributed by atoms with Crippen molar-refractivity contribution >= 4 is 32.8 Å². The minimum Gasteiger partial charge on any atom is -0.393 e. The zero-order valence-corrected chi connectivity index (χ0v) is 18.0. The summed E-state index contributed by atoms with van der Waals surface area (Å²) in [5, 5.41) is 12.9. The summed E-state index contributed by atoms with van der Waals surface area (Å²) in [5.74, 6) is 1.12. The fourth-order valence-electron chi connectivity index (χ4n) is 4.12. The second-order valence-corrected chi connectivity index (χ2v) is 11.0. The minimum absolute atomic E-state index is 0.128. The van der Waals surface area contributed by atoms with Crippen LogP contribution in [0.5, 0.6) is 0 Å². The zero-order valence-electron chi connectivity index (χ0n) is 17.2. The number of fused-ring (bicyclic) bond motifs is 3. The van der Waals surface area contributed by atoms with E-state index in [2.05, 4.69) is 53.8 Å². The van der Waals surface area contributed by atoms with Gasteiger partial charge in [-0.25, -0.2) is 4.98 Å². The smallest absolute Gasteiger partial charge is 0.143 e. The van der Waals surface area contributed by atoms with Crippen LogP contribution in [-0.4, -0.2) is 49.2 Å². The molecule has 3 aromatic rings. The molecule has 1 unspecified atom stereocenters. The number of pyridine rings is 1. The van der Waals surface area contributed by atoms with E-state index >= 15 is 0 Å². The molecular formula is C22H32N3O2S+. The molecule has 0 bridgehead atoms. The summed E-state index contributed by atoms with van der Waals surface area (Å²) in [7, 11) is 0.410. The van der Waals surface area contributed by atoms with Crippen LogP contribution in [-0.2, 0) is 22.4 Å². The minimum atomic E-state index is -0.128. The van der Waals surface area contributed by atoms with E-state index in [4.69, 9.17) is 9.72 Å². The number of nitrogens with zero attached hydrogens (tertiary/aromatic N) is 3. The number of hydrogen-bond acceptors (Lipinski definition) is 3. The van der Waals surface area contributed by atoms with Gasteiger partial charge in [-0.15, -0.1) is 0 Å². The van der Waals surface area contributed by atoms with Crippen LogP contribution in [0.25, 0.3) is 21.9 Å². The van der Waals surface area contributed by atoms with Crippen LogP contribution in [0.3, 0.4) is 0 Å². The molecule has 28 heavy (non-hydrogen) atoms. The second kappa shape index (κ2) is 8.47. The highest BCUT2D eigenvalue weighted by molar-refractivity contribution is 7.96. The Morgan fingerprint density at radius 2 is 2.00 bits per heavy atom. The summed E-state index contributed by atoms with van der Waals surface area (Å²) in [6.07, 6.45) is 12.3. The fraction of sp³-hybridized carbons (Fsp3) is 0.591. The maximum Gasteiger partial charge on any atom is 0.143 e. The standard InChI is InChI=1S/C22H32N3O2S/c1-16(2)28(3)13-12-27-15-24-10-9-20-21-17(14-23-22(20)24)8-11-25(21)18-4-6-19(26)7-5-18/h8-11,14,16,18-19,26H,4-7,12-13,15H2,1-3H3/q+1. The third kappa shape index (κ3) is 3.95. The molecule has 152 valence electrons.